The van der Waals surface area contributed by atoms with E-state index in [2.05, 4.69) is 32.2 Å². The highest BCUT2D eigenvalue weighted by Crippen LogP contribution is 2.28. The van der Waals surface area contributed by atoms with E-state index in [-0.39, 0.29) is 36.3 Å². The predicted molar refractivity (Wildman–Crippen MR) is 87.5 cm³/mol. The van der Waals surface area contributed by atoms with Crippen molar-refractivity contribution >= 4 is 29.7 Å². The number of nitrogens with two attached hydrogens (primary N) is 1. The highest BCUT2D eigenvalue weighted by atomic mass is 35.5. The topological polar surface area (TPSA) is 55.1 Å². The lowest BCUT2D eigenvalue weighted by atomic mass is 9.85. The fraction of sp³-hybridized carbons (Fsp3) is 0.667. The number of rotatable bonds is 3. The molecule has 0 aliphatic heterocycles. The molecule has 1 aromatic rings. The molecule has 0 bridgehead atoms. The summed E-state index contributed by atoms with van der Waals surface area (Å²) in [5.74, 6) is 0.275. The van der Waals surface area contributed by atoms with E-state index in [1.54, 1.807) is 11.3 Å². The monoisotopic (exact) mass is 316 g/mol. The molecular formula is C15H25ClN2OS. The number of thiophene rings is 1. The Morgan fingerprint density at radius 3 is 2.70 bits per heavy atom. The highest BCUT2D eigenvalue weighted by molar-refractivity contribution is 7.12. The lowest BCUT2D eigenvalue weighted by Gasteiger charge is -2.27. The average Bonchev–Trinajstić information content (AvgIpc) is 2.68. The van der Waals surface area contributed by atoms with Crippen LogP contribution in [-0.2, 0) is 4.79 Å². The maximum absolute atomic E-state index is 12.3. The van der Waals surface area contributed by atoms with Crippen LogP contribution in [0.4, 0.5) is 0 Å². The van der Waals surface area contributed by atoms with Crippen molar-refractivity contribution in [2.24, 2.45) is 11.7 Å². The Bertz CT molecular complexity index is 461. The van der Waals surface area contributed by atoms with Crippen LogP contribution < -0.4 is 11.1 Å². The predicted octanol–water partition coefficient (Wildman–Crippen LogP) is 3.48. The number of hydrogen-bond donors (Lipinski definition) is 2. The Kier molecular flexibility index (Phi) is 6.49. The van der Waals surface area contributed by atoms with Crippen LogP contribution in [0.15, 0.2) is 6.07 Å². The van der Waals surface area contributed by atoms with Gasteiger partial charge in [0.1, 0.15) is 0 Å². The Morgan fingerprint density at radius 1 is 1.45 bits per heavy atom. The molecule has 1 aliphatic carbocycles. The molecule has 0 radical (unpaired) electrons. The Hall–Kier alpha value is -0.580. The molecule has 3 N–H and O–H groups in total. The summed E-state index contributed by atoms with van der Waals surface area (Å²) in [6.45, 7) is 6.29. The van der Waals surface area contributed by atoms with Crippen LogP contribution in [0.25, 0.3) is 0 Å². The summed E-state index contributed by atoms with van der Waals surface area (Å²) in [5, 5.41) is 3.15. The van der Waals surface area contributed by atoms with Gasteiger partial charge in [0.05, 0.1) is 6.04 Å². The molecule has 3 atom stereocenters. The quantitative estimate of drug-likeness (QED) is 0.897. The minimum Gasteiger partial charge on any atom is -0.349 e. The van der Waals surface area contributed by atoms with Gasteiger partial charge < -0.3 is 11.1 Å². The zero-order valence-corrected chi connectivity index (χ0v) is 14.1. The van der Waals surface area contributed by atoms with Crippen molar-refractivity contribution < 1.29 is 4.79 Å². The first-order valence-electron chi connectivity index (χ1n) is 7.10. The summed E-state index contributed by atoms with van der Waals surface area (Å²) >= 11 is 1.79. The molecule has 0 saturated heterocycles. The molecule has 3 unspecified atom stereocenters. The lowest BCUT2D eigenvalue weighted by molar-refractivity contribution is -0.126. The Labute approximate surface area is 131 Å². The largest absolute Gasteiger partial charge is 0.349 e. The molecule has 3 nitrogen and oxygen atoms in total. The fourth-order valence-corrected chi connectivity index (χ4v) is 3.98. The van der Waals surface area contributed by atoms with Gasteiger partial charge in [-0.2, -0.15) is 0 Å². The van der Waals surface area contributed by atoms with Crippen LogP contribution in [0.2, 0.25) is 0 Å². The van der Waals surface area contributed by atoms with Crippen LogP contribution >= 0.6 is 23.7 Å². The van der Waals surface area contributed by atoms with Crippen LogP contribution in [0, 0.1) is 19.8 Å². The van der Waals surface area contributed by atoms with Crippen molar-refractivity contribution in [3.05, 3.63) is 21.4 Å². The van der Waals surface area contributed by atoms with E-state index >= 15 is 0 Å². The van der Waals surface area contributed by atoms with E-state index in [9.17, 15) is 4.79 Å². The molecule has 1 heterocycles. The van der Waals surface area contributed by atoms with Gasteiger partial charge in [0.15, 0.2) is 0 Å². The van der Waals surface area contributed by atoms with Gasteiger partial charge >= 0.3 is 0 Å². The summed E-state index contributed by atoms with van der Waals surface area (Å²) in [6, 6.07) is 2.47. The first-order chi connectivity index (χ1) is 8.97. The van der Waals surface area contributed by atoms with E-state index in [1.807, 2.05) is 0 Å². The second-order valence-corrected chi connectivity index (χ2v) is 7.18. The standard InChI is InChI=1S/C15H24N2OS.ClH/c1-9-7-14(11(3)19-9)10(2)17-15(18)12-5-4-6-13(16)8-12;/h7,10,12-13H,4-6,8,16H2,1-3H3,(H,17,18);1H. The Balaban J connectivity index is 0.00000200. The molecule has 1 aliphatic rings. The maximum atomic E-state index is 12.3. The second kappa shape index (κ2) is 7.43. The molecule has 1 amide bonds. The van der Waals surface area contributed by atoms with Gasteiger partial charge in [-0.3, -0.25) is 4.79 Å². The highest BCUT2D eigenvalue weighted by Gasteiger charge is 2.26. The van der Waals surface area contributed by atoms with Crippen LogP contribution in [0.1, 0.15) is 54.0 Å². The number of hydrogen-bond acceptors (Lipinski definition) is 3. The van der Waals surface area contributed by atoms with Crippen LogP contribution in [-0.4, -0.2) is 11.9 Å². The fourth-order valence-electron chi connectivity index (χ4n) is 2.96. The van der Waals surface area contributed by atoms with Crippen molar-refractivity contribution in [2.45, 2.75) is 58.5 Å². The van der Waals surface area contributed by atoms with Crippen molar-refractivity contribution in [1.29, 1.82) is 0 Å². The van der Waals surface area contributed by atoms with Gasteiger partial charge in [0.2, 0.25) is 5.91 Å². The number of nitrogens with one attached hydrogen (secondary N) is 1. The Morgan fingerprint density at radius 2 is 2.15 bits per heavy atom. The number of carbonyl (C=O) groups excluding carboxylic acids is 1. The molecule has 20 heavy (non-hydrogen) atoms. The molecule has 114 valence electrons. The number of halogens is 1. The summed E-state index contributed by atoms with van der Waals surface area (Å²) in [6.07, 6.45) is 3.94. The zero-order valence-electron chi connectivity index (χ0n) is 12.4. The average molecular weight is 317 g/mol. The minimum absolute atomic E-state index is 0. The normalized spacial score (nSPS) is 23.8. The molecule has 0 aromatic carbocycles. The third-order valence-corrected chi connectivity index (χ3v) is 4.97. The van der Waals surface area contributed by atoms with Gasteiger partial charge in [-0.25, -0.2) is 0 Å². The van der Waals surface area contributed by atoms with Crippen LogP contribution in [0.3, 0.4) is 0 Å². The molecule has 1 saturated carbocycles. The van der Waals surface area contributed by atoms with Gasteiger partial charge in [0, 0.05) is 21.7 Å². The molecule has 1 aromatic heterocycles. The van der Waals surface area contributed by atoms with E-state index in [4.69, 9.17) is 5.73 Å². The first kappa shape index (κ1) is 17.5. The lowest BCUT2D eigenvalue weighted by Crippen LogP contribution is -2.38. The van der Waals surface area contributed by atoms with Gasteiger partial charge in [-0.1, -0.05) is 6.42 Å². The molecular weight excluding hydrogens is 292 g/mol. The van der Waals surface area contributed by atoms with Gasteiger partial charge in [-0.05, 0) is 51.7 Å². The van der Waals surface area contributed by atoms with Gasteiger partial charge in [-0.15, -0.1) is 23.7 Å². The van der Waals surface area contributed by atoms with E-state index in [0.29, 0.717) is 0 Å². The summed E-state index contributed by atoms with van der Waals surface area (Å²) < 4.78 is 0. The van der Waals surface area contributed by atoms with Crippen molar-refractivity contribution in [3.8, 4) is 0 Å². The second-order valence-electron chi connectivity index (χ2n) is 5.72. The van der Waals surface area contributed by atoms with Crippen molar-refractivity contribution in [1.82, 2.24) is 5.32 Å². The molecule has 5 heteroatoms. The maximum Gasteiger partial charge on any atom is 0.223 e. The summed E-state index contributed by atoms with van der Waals surface area (Å²) in [7, 11) is 0. The SMILES string of the molecule is Cc1cc(C(C)NC(=O)C2CCCC(N)C2)c(C)s1.Cl. The van der Waals surface area contributed by atoms with Crippen molar-refractivity contribution in [3.63, 3.8) is 0 Å². The molecule has 0 spiro atoms. The molecule has 1 fully saturated rings. The van der Waals surface area contributed by atoms with E-state index in [0.717, 1.165) is 25.7 Å². The number of carbonyl (C=O) groups is 1. The number of aryl methyl sites for hydroxylation is 2. The first-order valence-corrected chi connectivity index (χ1v) is 7.92. The molecule has 2 rings (SSSR count). The van der Waals surface area contributed by atoms with E-state index in [1.165, 1.54) is 15.3 Å². The summed E-state index contributed by atoms with van der Waals surface area (Å²) in [5.41, 5.74) is 7.20. The van der Waals surface area contributed by atoms with Crippen molar-refractivity contribution in [2.75, 3.05) is 0 Å². The smallest absolute Gasteiger partial charge is 0.223 e. The van der Waals surface area contributed by atoms with Crippen LogP contribution in [0.5, 0.6) is 0 Å². The third kappa shape index (κ3) is 4.21. The summed E-state index contributed by atoms with van der Waals surface area (Å²) in [4.78, 5) is 14.9. The third-order valence-electron chi connectivity index (χ3n) is 3.99. The van der Waals surface area contributed by atoms with Gasteiger partial charge in [0.25, 0.3) is 0 Å². The zero-order chi connectivity index (χ0) is 14.0. The number of amides is 1. The van der Waals surface area contributed by atoms with E-state index < -0.39 is 0 Å². The minimum atomic E-state index is 0.